The Morgan fingerprint density at radius 2 is 1.36 bits per heavy atom. The van der Waals surface area contributed by atoms with Gasteiger partial charge in [-0.25, -0.2) is 9.59 Å². The summed E-state index contributed by atoms with van der Waals surface area (Å²) in [5, 5.41) is 28.0. The highest BCUT2D eigenvalue weighted by molar-refractivity contribution is 5.99. The summed E-state index contributed by atoms with van der Waals surface area (Å²) in [5.74, 6) is -5.00. The molecule has 0 aromatic heterocycles. The summed E-state index contributed by atoms with van der Waals surface area (Å²) in [4.78, 5) is 93.1. The van der Waals surface area contributed by atoms with Crippen molar-refractivity contribution in [2.24, 2.45) is 11.7 Å². The fourth-order valence-electron chi connectivity index (χ4n) is 7.40. The minimum absolute atomic E-state index is 0.0590. The monoisotopic (exact) mass is 1020 g/mol. The van der Waals surface area contributed by atoms with Crippen molar-refractivity contribution in [2.45, 2.75) is 115 Å². The number of benzene rings is 2. The van der Waals surface area contributed by atoms with Crippen LogP contribution >= 0.6 is 0 Å². The molecule has 2 aromatic rings. The summed E-state index contributed by atoms with van der Waals surface area (Å²) < 4.78 is 44.7. The number of nitrogens with two attached hydrogens (primary N) is 1. The molecule has 400 valence electrons. The summed E-state index contributed by atoms with van der Waals surface area (Å²) in [7, 11) is 1.59. The van der Waals surface area contributed by atoms with Crippen LogP contribution in [0.5, 0.6) is 0 Å². The Hall–Kier alpha value is -5.99. The molecule has 2 heterocycles. The van der Waals surface area contributed by atoms with Gasteiger partial charge in [0.25, 0.3) is 5.91 Å². The van der Waals surface area contributed by atoms with Crippen LogP contribution in [0.25, 0.3) is 0 Å². The lowest BCUT2D eigenvalue weighted by molar-refractivity contribution is -0.192. The number of methoxy groups -OCH3 is 1. The number of nitrogens with one attached hydrogen (secondary N) is 7. The number of amides is 8. The van der Waals surface area contributed by atoms with E-state index in [1.165, 1.54) is 0 Å². The van der Waals surface area contributed by atoms with Crippen LogP contribution in [-0.2, 0) is 75.1 Å². The van der Waals surface area contributed by atoms with E-state index in [0.29, 0.717) is 56.5 Å². The third-order valence-corrected chi connectivity index (χ3v) is 11.1. The van der Waals surface area contributed by atoms with Crippen molar-refractivity contribution >= 4 is 47.3 Å². The molecule has 2 saturated heterocycles. The Kier molecular flexibility index (Phi) is 25.1. The SMILES string of the molecule is COCCOCCOCCOCCNC(=O)[C@H]1OC(NC(=O)CC[C@H](NC(=O)OCc2ccccc2)C(=O)N[C@H](C(=O)N[C@@H](CCCNC(N)=O)C(=O)Nc2ccc(CO)cc2)C(C)C)[C@@H]2OC(C)(C)O[C@H]12. The molecule has 72 heavy (non-hydrogen) atoms. The quantitative estimate of drug-likeness (QED) is 0.0449. The van der Waals surface area contributed by atoms with E-state index in [1.54, 1.807) is 89.4 Å². The Balaban J connectivity index is 1.39. The number of hydrogen-bond acceptors (Lipinski definition) is 16. The molecule has 0 saturated carbocycles. The first-order valence-electron chi connectivity index (χ1n) is 23.9. The van der Waals surface area contributed by atoms with E-state index >= 15 is 0 Å². The first-order chi connectivity index (χ1) is 34.5. The van der Waals surface area contributed by atoms with Gasteiger partial charge >= 0.3 is 12.1 Å². The number of fused-ring (bicyclic) bond motifs is 1. The van der Waals surface area contributed by atoms with Gasteiger partial charge in [-0.1, -0.05) is 56.3 Å². The summed E-state index contributed by atoms with van der Waals surface area (Å²) in [6, 6.07) is 10.6. The summed E-state index contributed by atoms with van der Waals surface area (Å²) in [5.41, 5.74) is 6.88. The first-order valence-corrected chi connectivity index (χ1v) is 23.9. The molecule has 2 aliphatic rings. The molecule has 0 spiro atoms. The maximum absolute atomic E-state index is 14.1. The molecule has 0 aliphatic carbocycles. The molecule has 0 radical (unpaired) electrons. The number of alkyl carbamates (subject to hydrolysis) is 1. The predicted octanol–water partition coefficient (Wildman–Crippen LogP) is 0.440. The number of aliphatic hydroxyl groups is 1. The van der Waals surface area contributed by atoms with Crippen LogP contribution < -0.4 is 43.0 Å². The molecule has 2 aromatic carbocycles. The summed E-state index contributed by atoms with van der Waals surface area (Å²) >= 11 is 0. The molecule has 24 nitrogen and oxygen atoms in total. The van der Waals surface area contributed by atoms with E-state index in [9.17, 15) is 38.7 Å². The minimum atomic E-state index is -1.43. The van der Waals surface area contributed by atoms with Crippen LogP contribution in [0.2, 0.25) is 0 Å². The molecule has 24 heteroatoms. The van der Waals surface area contributed by atoms with E-state index in [0.717, 1.165) is 0 Å². The van der Waals surface area contributed by atoms with Crippen LogP contribution in [0.3, 0.4) is 0 Å². The lowest BCUT2D eigenvalue weighted by Crippen LogP contribution is -2.58. The second-order valence-corrected chi connectivity index (χ2v) is 17.6. The van der Waals surface area contributed by atoms with Crippen molar-refractivity contribution in [1.82, 2.24) is 31.9 Å². The summed E-state index contributed by atoms with van der Waals surface area (Å²) in [6.45, 7) is 9.19. The summed E-state index contributed by atoms with van der Waals surface area (Å²) in [6.07, 6.45) is -5.43. The second-order valence-electron chi connectivity index (χ2n) is 17.6. The number of primary amides is 1. The van der Waals surface area contributed by atoms with Gasteiger partial charge in [0.2, 0.25) is 23.6 Å². The third-order valence-electron chi connectivity index (χ3n) is 11.1. The van der Waals surface area contributed by atoms with Crippen LogP contribution in [-0.4, -0.2) is 162 Å². The number of rotatable bonds is 32. The van der Waals surface area contributed by atoms with Gasteiger partial charge in [0, 0.05) is 32.3 Å². The van der Waals surface area contributed by atoms with Gasteiger partial charge in [-0.2, -0.15) is 0 Å². The topological polar surface area (TPSA) is 324 Å². The van der Waals surface area contributed by atoms with Gasteiger partial charge in [0.1, 0.15) is 36.9 Å². The van der Waals surface area contributed by atoms with E-state index in [1.807, 2.05) is 0 Å². The number of hydrogen-bond donors (Lipinski definition) is 9. The van der Waals surface area contributed by atoms with E-state index in [-0.39, 0.29) is 58.6 Å². The van der Waals surface area contributed by atoms with Crippen molar-refractivity contribution in [3.63, 3.8) is 0 Å². The number of aliphatic hydroxyl groups excluding tert-OH is 1. The molecule has 8 amide bonds. The van der Waals surface area contributed by atoms with Crippen LogP contribution in [0.1, 0.15) is 64.5 Å². The van der Waals surface area contributed by atoms with Crippen molar-refractivity contribution in [3.05, 3.63) is 65.7 Å². The largest absolute Gasteiger partial charge is 0.445 e. The number of anilines is 1. The van der Waals surface area contributed by atoms with Gasteiger partial charge in [0.05, 0.1) is 52.9 Å². The highest BCUT2D eigenvalue weighted by Crippen LogP contribution is 2.38. The number of ether oxygens (including phenoxy) is 8. The molecule has 2 aliphatic heterocycles. The fourth-order valence-corrected chi connectivity index (χ4v) is 7.40. The van der Waals surface area contributed by atoms with Crippen LogP contribution in [0.4, 0.5) is 15.3 Å². The Bertz CT molecular complexity index is 2030. The predicted molar refractivity (Wildman–Crippen MR) is 257 cm³/mol. The highest BCUT2D eigenvalue weighted by atomic mass is 16.8. The lowest BCUT2D eigenvalue weighted by atomic mass is 10.0. The fraction of sp³-hybridized carbons (Fsp3) is 0.604. The third kappa shape index (κ3) is 20.6. The average molecular weight is 1020 g/mol. The van der Waals surface area contributed by atoms with Crippen molar-refractivity contribution in [1.29, 1.82) is 0 Å². The number of carbonyl (C=O) groups is 7. The second kappa shape index (κ2) is 30.8. The molecule has 7 atom stereocenters. The van der Waals surface area contributed by atoms with Gasteiger partial charge in [-0.15, -0.1) is 0 Å². The molecule has 10 N–H and O–H groups in total. The van der Waals surface area contributed by atoms with Gasteiger partial charge in [-0.05, 0) is 62.3 Å². The highest BCUT2D eigenvalue weighted by Gasteiger charge is 2.57. The molecular weight excluding hydrogens is 945 g/mol. The smallest absolute Gasteiger partial charge is 0.408 e. The normalized spacial score (nSPS) is 19.0. The Labute approximate surface area is 419 Å². The lowest BCUT2D eigenvalue weighted by Gasteiger charge is -2.27. The zero-order valence-corrected chi connectivity index (χ0v) is 41.6. The molecule has 4 rings (SSSR count). The van der Waals surface area contributed by atoms with Gasteiger partial charge < -0.3 is 86.0 Å². The first kappa shape index (κ1) is 58.6. The van der Waals surface area contributed by atoms with Gasteiger partial charge in [0.15, 0.2) is 18.1 Å². The molecular formula is C48H72N8O16. The number of urea groups is 1. The molecule has 2 fully saturated rings. The molecule has 0 bridgehead atoms. The van der Waals surface area contributed by atoms with Gasteiger partial charge in [-0.3, -0.25) is 24.0 Å². The Morgan fingerprint density at radius 1 is 0.722 bits per heavy atom. The van der Waals surface area contributed by atoms with Crippen LogP contribution in [0, 0.1) is 5.92 Å². The maximum atomic E-state index is 14.1. The standard InChI is InChI=1S/C48H72N8O16/c1-30(2)37(43(61)53-34(12-9-19-51-46(49)63)41(59)52-33-15-13-31(28-57)14-16-33)56-42(60)35(54-47(64)69-29-32-10-7-6-8-11-32)17-18-36(58)55-45-40-38(71-48(3,4)72-40)39(70-45)44(62)50-20-21-66-24-25-68-27-26-67-23-22-65-5/h6-8,10-11,13-16,30,34-35,37-40,45,57H,9,12,17-29H2,1-5H3,(H,50,62)(H,52,59)(H,53,61)(H,54,64)(H,55,58)(H,56,60)(H3,49,51,63)/t34-,35-,37-,38+,39-,40+,45?/m0/s1. The Morgan fingerprint density at radius 3 is 2.00 bits per heavy atom. The van der Waals surface area contributed by atoms with E-state index < -0.39 is 96.0 Å². The van der Waals surface area contributed by atoms with E-state index in [2.05, 4.69) is 37.2 Å². The molecule has 1 unspecified atom stereocenters. The minimum Gasteiger partial charge on any atom is -0.445 e. The average Bonchev–Trinajstić information content (AvgIpc) is 3.84. The van der Waals surface area contributed by atoms with E-state index in [4.69, 9.17) is 43.6 Å². The van der Waals surface area contributed by atoms with Crippen molar-refractivity contribution in [3.8, 4) is 0 Å². The number of carbonyl (C=O) groups excluding carboxylic acids is 7. The van der Waals surface area contributed by atoms with Crippen LogP contribution in [0.15, 0.2) is 54.6 Å². The zero-order valence-electron chi connectivity index (χ0n) is 41.6. The van der Waals surface area contributed by atoms with Crippen molar-refractivity contribution < 1.29 is 76.6 Å². The maximum Gasteiger partial charge on any atom is 0.408 e. The zero-order chi connectivity index (χ0) is 52.5. The van der Waals surface area contributed by atoms with Crippen molar-refractivity contribution in [2.75, 3.05) is 71.8 Å².